The minimum absolute atomic E-state index is 0.0206. The van der Waals surface area contributed by atoms with E-state index in [0.29, 0.717) is 16.3 Å². The molecule has 0 atom stereocenters. The largest absolute Gasteiger partial charge is 0.395 e. The van der Waals surface area contributed by atoms with Crippen molar-refractivity contribution in [3.63, 3.8) is 0 Å². The Bertz CT molecular complexity index is 1190. The zero-order chi connectivity index (χ0) is 24.9. The van der Waals surface area contributed by atoms with Crippen LogP contribution in [0.4, 0.5) is 13.2 Å². The number of carbonyl (C=O) groups excluding carboxylic acids is 1. The molecule has 2 heterocycles. The summed E-state index contributed by atoms with van der Waals surface area (Å²) in [6.07, 6.45) is -3.10. The highest BCUT2D eigenvalue weighted by molar-refractivity contribution is 6.30. The maximum absolute atomic E-state index is 13.1. The van der Waals surface area contributed by atoms with E-state index < -0.39 is 24.1 Å². The molecule has 0 saturated heterocycles. The van der Waals surface area contributed by atoms with Crippen LogP contribution in [0.3, 0.4) is 0 Å². The van der Waals surface area contributed by atoms with Crippen LogP contribution in [0.15, 0.2) is 41.5 Å². The van der Waals surface area contributed by atoms with Crippen molar-refractivity contribution in [3.05, 3.63) is 57.6 Å². The molecule has 0 fully saturated rings. The van der Waals surface area contributed by atoms with Crippen LogP contribution in [0.5, 0.6) is 0 Å². The van der Waals surface area contributed by atoms with Crippen LogP contribution >= 0.6 is 11.6 Å². The Labute approximate surface area is 197 Å². The van der Waals surface area contributed by atoms with Crippen molar-refractivity contribution in [2.75, 3.05) is 26.3 Å². The maximum Gasteiger partial charge on any atom is 0.389 e. The third-order valence-electron chi connectivity index (χ3n) is 5.18. The average molecular weight is 501 g/mol. The first-order valence-corrected chi connectivity index (χ1v) is 10.9. The lowest BCUT2D eigenvalue weighted by Gasteiger charge is -2.20. The van der Waals surface area contributed by atoms with Crippen LogP contribution < -0.4 is 5.56 Å². The van der Waals surface area contributed by atoms with Crippen molar-refractivity contribution in [1.82, 2.24) is 18.9 Å². The molecular weight excluding hydrogens is 477 g/mol. The van der Waals surface area contributed by atoms with Crippen LogP contribution in [0.1, 0.15) is 18.4 Å². The van der Waals surface area contributed by atoms with Crippen molar-refractivity contribution in [3.8, 4) is 11.3 Å². The Balaban J connectivity index is 2.02. The quantitative estimate of drug-likeness (QED) is 0.445. The van der Waals surface area contributed by atoms with Gasteiger partial charge in [0.05, 0.1) is 25.3 Å². The summed E-state index contributed by atoms with van der Waals surface area (Å²) < 4.78 is 40.7. The predicted octanol–water partition coefficient (Wildman–Crippen LogP) is 2.51. The number of aromatic nitrogens is 3. The van der Waals surface area contributed by atoms with E-state index in [1.807, 2.05) is 0 Å². The van der Waals surface area contributed by atoms with Crippen molar-refractivity contribution in [1.29, 1.82) is 0 Å². The van der Waals surface area contributed by atoms with E-state index in [-0.39, 0.29) is 57.0 Å². The van der Waals surface area contributed by atoms with Crippen LogP contribution in [-0.2, 0) is 17.8 Å². The van der Waals surface area contributed by atoms with Crippen molar-refractivity contribution in [2.45, 2.75) is 32.0 Å². The number of halogens is 4. The van der Waals surface area contributed by atoms with Crippen LogP contribution in [-0.4, -0.2) is 67.5 Å². The second-order valence-corrected chi connectivity index (χ2v) is 8.12. The average Bonchev–Trinajstić information content (AvgIpc) is 3.22. The molecule has 2 aromatic heterocycles. The van der Waals surface area contributed by atoms with E-state index >= 15 is 0 Å². The Kier molecular flexibility index (Phi) is 8.34. The van der Waals surface area contributed by atoms with E-state index in [2.05, 4.69) is 4.98 Å². The minimum atomic E-state index is -4.33. The standard InChI is InChI=1S/C22H24ClF3N4O4/c23-17-4-2-15(3-5-17)18-14-30-20(34)16(12-19(33)28(8-10-31)9-11-32)13-29(21(30)27-18)7-1-6-22(24,25)26/h2-5,13-14,31-32H,1,6-12H2. The van der Waals surface area contributed by atoms with Crippen molar-refractivity contribution < 1.29 is 28.2 Å². The monoisotopic (exact) mass is 500 g/mol. The molecule has 0 aliphatic carbocycles. The number of aliphatic hydroxyl groups is 2. The summed E-state index contributed by atoms with van der Waals surface area (Å²) in [5.41, 5.74) is 0.606. The Hall–Kier alpha value is -2.89. The Morgan fingerprint density at radius 3 is 2.32 bits per heavy atom. The molecule has 3 rings (SSSR count). The fourth-order valence-electron chi connectivity index (χ4n) is 3.55. The number of fused-ring (bicyclic) bond motifs is 1. The van der Waals surface area contributed by atoms with Gasteiger partial charge in [0, 0.05) is 54.6 Å². The van der Waals surface area contributed by atoms with Crippen molar-refractivity contribution in [2.24, 2.45) is 0 Å². The topological polar surface area (TPSA) is 100 Å². The number of hydrogen-bond acceptors (Lipinski definition) is 5. The first-order chi connectivity index (χ1) is 16.1. The number of carbonyl (C=O) groups is 1. The van der Waals surface area contributed by atoms with Gasteiger partial charge in [0.2, 0.25) is 11.7 Å². The van der Waals surface area contributed by atoms with Gasteiger partial charge in [-0.25, -0.2) is 4.98 Å². The maximum atomic E-state index is 13.1. The van der Waals surface area contributed by atoms with E-state index in [4.69, 9.17) is 21.8 Å². The van der Waals surface area contributed by atoms with Gasteiger partial charge in [-0.2, -0.15) is 13.2 Å². The molecule has 1 aromatic carbocycles. The molecule has 1 amide bonds. The third-order valence-corrected chi connectivity index (χ3v) is 5.43. The molecule has 0 aliphatic rings. The summed E-state index contributed by atoms with van der Waals surface area (Å²) in [5.74, 6) is -0.352. The molecule has 0 aliphatic heterocycles. The molecule has 12 heteroatoms. The second-order valence-electron chi connectivity index (χ2n) is 7.68. The highest BCUT2D eigenvalue weighted by Gasteiger charge is 2.26. The number of nitrogens with zero attached hydrogens (tertiary/aromatic N) is 4. The van der Waals surface area contributed by atoms with Crippen LogP contribution in [0.2, 0.25) is 5.02 Å². The molecule has 2 N–H and O–H groups in total. The minimum Gasteiger partial charge on any atom is -0.395 e. The normalized spacial score (nSPS) is 11.8. The number of amides is 1. The first kappa shape index (κ1) is 25.7. The van der Waals surface area contributed by atoms with Gasteiger partial charge < -0.3 is 19.7 Å². The smallest absolute Gasteiger partial charge is 0.389 e. The van der Waals surface area contributed by atoms with Crippen LogP contribution in [0, 0.1) is 0 Å². The Morgan fingerprint density at radius 2 is 1.74 bits per heavy atom. The van der Waals surface area contributed by atoms with E-state index in [1.54, 1.807) is 24.3 Å². The van der Waals surface area contributed by atoms with Gasteiger partial charge in [0.1, 0.15) is 0 Å². The fraction of sp³-hybridized carbons (Fsp3) is 0.409. The molecule has 0 spiro atoms. The summed E-state index contributed by atoms with van der Waals surface area (Å²) in [6, 6.07) is 6.71. The lowest BCUT2D eigenvalue weighted by Crippen LogP contribution is -2.38. The van der Waals surface area contributed by atoms with Gasteiger partial charge in [-0.05, 0) is 18.6 Å². The van der Waals surface area contributed by atoms with Gasteiger partial charge in [0.15, 0.2) is 0 Å². The number of hydrogen-bond donors (Lipinski definition) is 2. The summed E-state index contributed by atoms with van der Waals surface area (Å²) in [6.45, 7) is -0.754. The number of aryl methyl sites for hydroxylation is 1. The molecule has 0 radical (unpaired) electrons. The second kappa shape index (κ2) is 11.0. The predicted molar refractivity (Wildman–Crippen MR) is 120 cm³/mol. The number of aliphatic hydroxyl groups excluding tert-OH is 2. The van der Waals surface area contributed by atoms with Crippen LogP contribution in [0.25, 0.3) is 17.0 Å². The third kappa shape index (κ3) is 6.37. The molecule has 0 unspecified atom stereocenters. The lowest BCUT2D eigenvalue weighted by atomic mass is 10.2. The van der Waals surface area contributed by atoms with E-state index in [9.17, 15) is 22.8 Å². The molecule has 3 aromatic rings. The van der Waals surface area contributed by atoms with Gasteiger partial charge in [-0.15, -0.1) is 0 Å². The Morgan fingerprint density at radius 1 is 1.09 bits per heavy atom. The summed E-state index contributed by atoms with van der Waals surface area (Å²) in [5, 5.41) is 18.8. The number of imidazole rings is 1. The van der Waals surface area contributed by atoms with E-state index in [1.165, 1.54) is 26.3 Å². The zero-order valence-corrected chi connectivity index (χ0v) is 18.9. The fourth-order valence-corrected chi connectivity index (χ4v) is 3.68. The van der Waals surface area contributed by atoms with Gasteiger partial charge in [0.25, 0.3) is 5.56 Å². The lowest BCUT2D eigenvalue weighted by molar-refractivity contribution is -0.136. The highest BCUT2D eigenvalue weighted by Crippen LogP contribution is 2.23. The summed E-state index contributed by atoms with van der Waals surface area (Å²) >= 11 is 5.92. The number of benzene rings is 1. The molecule has 0 saturated carbocycles. The molecular formula is C22H24ClF3N4O4. The SMILES string of the molecule is O=C(Cc1cn(CCCC(F)(F)F)c2nc(-c3ccc(Cl)cc3)cn2c1=O)N(CCO)CCO. The molecule has 0 bridgehead atoms. The summed E-state index contributed by atoms with van der Waals surface area (Å²) in [4.78, 5) is 31.4. The summed E-state index contributed by atoms with van der Waals surface area (Å²) in [7, 11) is 0. The highest BCUT2D eigenvalue weighted by atomic mass is 35.5. The molecule has 8 nitrogen and oxygen atoms in total. The molecule has 34 heavy (non-hydrogen) atoms. The first-order valence-electron chi connectivity index (χ1n) is 10.6. The van der Waals surface area contributed by atoms with Gasteiger partial charge in [-0.3, -0.25) is 14.0 Å². The van der Waals surface area contributed by atoms with Gasteiger partial charge in [-0.1, -0.05) is 23.7 Å². The number of rotatable bonds is 10. The molecule has 184 valence electrons. The van der Waals surface area contributed by atoms with Gasteiger partial charge >= 0.3 is 6.18 Å². The zero-order valence-electron chi connectivity index (χ0n) is 18.1. The van der Waals surface area contributed by atoms with Crippen molar-refractivity contribution >= 4 is 23.3 Å². The number of alkyl halides is 3. The van der Waals surface area contributed by atoms with E-state index in [0.717, 1.165) is 0 Å².